The molecule has 0 bridgehead atoms. The fourth-order valence-corrected chi connectivity index (χ4v) is 7.41. The van der Waals surface area contributed by atoms with Crippen molar-refractivity contribution in [3.8, 4) is 28.7 Å². The van der Waals surface area contributed by atoms with Crippen LogP contribution >= 0.6 is 0 Å². The van der Waals surface area contributed by atoms with Gasteiger partial charge in [0.1, 0.15) is 19.0 Å². The van der Waals surface area contributed by atoms with E-state index in [1.54, 1.807) is 64.4 Å². The van der Waals surface area contributed by atoms with Crippen molar-refractivity contribution in [3.63, 3.8) is 0 Å². The van der Waals surface area contributed by atoms with Crippen LogP contribution in [0.15, 0.2) is 84.9 Å². The second-order valence-electron chi connectivity index (χ2n) is 15.1. The van der Waals surface area contributed by atoms with E-state index in [2.05, 4.69) is 17.2 Å². The molecule has 7 rings (SSSR count). The monoisotopic (exact) mass is 782 g/mol. The number of piperidine rings is 1. The van der Waals surface area contributed by atoms with Crippen molar-refractivity contribution >= 4 is 29.7 Å². The molecule has 1 spiro atoms. The van der Waals surface area contributed by atoms with Crippen LogP contribution < -0.4 is 15.8 Å². The highest BCUT2D eigenvalue weighted by molar-refractivity contribution is 6.09. The first-order valence-corrected chi connectivity index (χ1v) is 19.5. The fraction of sp³-hybridized carbons (Fsp3) is 0.326. The van der Waals surface area contributed by atoms with E-state index in [0.717, 1.165) is 42.4 Å². The third-order valence-corrected chi connectivity index (χ3v) is 11.0. The maximum absolute atomic E-state index is 13.3. The molecule has 0 unspecified atom stereocenters. The summed E-state index contributed by atoms with van der Waals surface area (Å²) in [5.41, 5.74) is 11.2. The number of benzene rings is 4. The zero-order valence-corrected chi connectivity index (χ0v) is 32.7. The van der Waals surface area contributed by atoms with Crippen LogP contribution in [-0.4, -0.2) is 98.5 Å². The van der Waals surface area contributed by atoms with Gasteiger partial charge in [-0.1, -0.05) is 42.2 Å². The summed E-state index contributed by atoms with van der Waals surface area (Å²) < 4.78 is 16.1. The molecule has 0 radical (unpaired) electrons. The largest absolute Gasteiger partial charge is 0.490 e. The minimum Gasteiger partial charge on any atom is -0.490 e. The lowest BCUT2D eigenvalue weighted by molar-refractivity contribution is -0.0391. The van der Waals surface area contributed by atoms with E-state index < -0.39 is 12.1 Å². The summed E-state index contributed by atoms with van der Waals surface area (Å²) in [5, 5.41) is 3.03. The molecule has 2 aliphatic heterocycles. The van der Waals surface area contributed by atoms with Gasteiger partial charge in [-0.3, -0.25) is 14.4 Å². The summed E-state index contributed by atoms with van der Waals surface area (Å²) in [6.07, 6.45) is 3.16. The normalized spacial score (nSPS) is 15.4. The van der Waals surface area contributed by atoms with Crippen LogP contribution in [-0.2, 0) is 9.47 Å². The molecule has 3 N–H and O–H groups in total. The number of nitrogens with two attached hydrogens (primary N) is 1. The maximum atomic E-state index is 13.3. The van der Waals surface area contributed by atoms with Gasteiger partial charge in [0.05, 0.1) is 19.2 Å². The van der Waals surface area contributed by atoms with Gasteiger partial charge < -0.3 is 35.1 Å². The van der Waals surface area contributed by atoms with Gasteiger partial charge in [-0.05, 0) is 104 Å². The van der Waals surface area contributed by atoms with E-state index in [4.69, 9.17) is 19.9 Å². The van der Waals surface area contributed by atoms with E-state index in [1.807, 2.05) is 37.3 Å². The molecule has 0 atom stereocenters. The quantitative estimate of drug-likeness (QED) is 0.0851. The third-order valence-electron chi connectivity index (χ3n) is 11.0. The van der Waals surface area contributed by atoms with Crippen LogP contribution in [0.25, 0.3) is 11.1 Å². The second-order valence-corrected chi connectivity index (χ2v) is 15.1. The number of amides is 3. The van der Waals surface area contributed by atoms with E-state index in [9.17, 15) is 24.0 Å². The molecule has 12 heteroatoms. The molecular formula is C46H46N4O8. The summed E-state index contributed by atoms with van der Waals surface area (Å²) >= 11 is 0. The number of aryl methyl sites for hydroxylation is 1. The van der Waals surface area contributed by atoms with Crippen molar-refractivity contribution in [1.29, 1.82) is 0 Å². The molecule has 3 aliphatic rings. The number of ketones is 1. The van der Waals surface area contributed by atoms with Gasteiger partial charge in [0.25, 0.3) is 11.8 Å². The number of hydrogen-bond donors (Lipinski definition) is 2. The zero-order chi connectivity index (χ0) is 40.8. The topological polar surface area (TPSA) is 158 Å². The van der Waals surface area contributed by atoms with Crippen LogP contribution in [0.2, 0.25) is 0 Å². The number of rotatable bonds is 11. The third kappa shape index (κ3) is 9.06. The van der Waals surface area contributed by atoms with Crippen molar-refractivity contribution in [2.24, 2.45) is 11.1 Å². The Bertz CT molecular complexity index is 2270. The Morgan fingerprint density at radius 2 is 1.47 bits per heavy atom. The maximum Gasteiger partial charge on any atom is 0.409 e. The van der Waals surface area contributed by atoms with Crippen LogP contribution in [0.3, 0.4) is 0 Å². The summed E-state index contributed by atoms with van der Waals surface area (Å²) in [6.45, 7) is 4.55. The molecule has 12 nitrogen and oxygen atoms in total. The minimum atomic E-state index is -0.536. The summed E-state index contributed by atoms with van der Waals surface area (Å²) in [7, 11) is 1.29. The molecule has 4 aromatic carbocycles. The van der Waals surface area contributed by atoms with E-state index >= 15 is 0 Å². The Morgan fingerprint density at radius 3 is 2.12 bits per heavy atom. The van der Waals surface area contributed by atoms with Gasteiger partial charge in [-0.25, -0.2) is 9.59 Å². The molecule has 58 heavy (non-hydrogen) atoms. The average Bonchev–Trinajstić information content (AvgIpc) is 4.07. The molecule has 2 saturated heterocycles. The Balaban J connectivity index is 0.829. The van der Waals surface area contributed by atoms with Gasteiger partial charge in [0.2, 0.25) is 0 Å². The Hall–Kier alpha value is -6.45. The van der Waals surface area contributed by atoms with E-state index in [-0.39, 0.29) is 54.4 Å². The Labute approximate surface area is 337 Å². The van der Waals surface area contributed by atoms with E-state index in [0.29, 0.717) is 59.7 Å². The van der Waals surface area contributed by atoms with Crippen LogP contribution in [0, 0.1) is 24.2 Å². The lowest BCUT2D eigenvalue weighted by atomic mass is 9.72. The standard InChI is InChI=1S/C46H46N4O8/c1-30-5-6-35(42(52)48-37-14-15-37)27-40(30)31-7-9-32(10-8-31)41(51)33-11-16-38(17-12-33)57-24-25-58-45(55)50-28-46(29-50)19-22-49(23-20-46)43(53)36-13-18-39(44(54)56-2)34(26-36)4-3-21-47/h5-13,16-18,26-27,37H,14-15,19-25,28-29,47H2,1-2H3,(H,48,52). The van der Waals surface area contributed by atoms with Crippen molar-refractivity contribution in [2.75, 3.05) is 53.0 Å². The van der Waals surface area contributed by atoms with Crippen LogP contribution in [0.1, 0.15) is 83.8 Å². The van der Waals surface area contributed by atoms with Gasteiger partial charge in [-0.2, -0.15) is 0 Å². The SMILES string of the molecule is COC(=O)c1ccc(C(=O)N2CCC3(CC2)CN(C(=O)OCCOc2ccc(C(=O)c4ccc(-c5cc(C(=O)NC6CC6)ccc5C)cc4)cc2)C3)cc1C#CCN. The smallest absolute Gasteiger partial charge is 0.409 e. The molecule has 4 aromatic rings. The van der Waals surface area contributed by atoms with Crippen LogP contribution in [0.4, 0.5) is 4.79 Å². The zero-order valence-electron chi connectivity index (χ0n) is 32.7. The van der Waals surface area contributed by atoms with Crippen molar-refractivity contribution < 1.29 is 38.2 Å². The van der Waals surface area contributed by atoms with Crippen LogP contribution in [0.5, 0.6) is 5.75 Å². The fourth-order valence-electron chi connectivity index (χ4n) is 7.41. The van der Waals surface area contributed by atoms with Gasteiger partial charge in [-0.15, -0.1) is 0 Å². The number of esters is 1. The predicted molar refractivity (Wildman–Crippen MR) is 217 cm³/mol. The number of nitrogens with zero attached hydrogens (tertiary/aromatic N) is 2. The van der Waals surface area contributed by atoms with Gasteiger partial charge in [0, 0.05) is 65.5 Å². The summed E-state index contributed by atoms with van der Waals surface area (Å²) in [4.78, 5) is 67.6. The molecule has 2 heterocycles. The lowest BCUT2D eigenvalue weighted by Gasteiger charge is -2.53. The first kappa shape index (κ1) is 39.8. The number of hydrogen-bond acceptors (Lipinski definition) is 9. The molecule has 3 fully saturated rings. The van der Waals surface area contributed by atoms with Gasteiger partial charge >= 0.3 is 12.1 Å². The highest BCUT2D eigenvalue weighted by atomic mass is 16.6. The number of nitrogens with one attached hydrogen (secondary N) is 1. The molecule has 298 valence electrons. The van der Waals surface area contributed by atoms with Gasteiger partial charge in [0.15, 0.2) is 5.78 Å². The molecule has 1 saturated carbocycles. The minimum absolute atomic E-state index is 0.0563. The highest BCUT2D eigenvalue weighted by Crippen LogP contribution is 2.41. The van der Waals surface area contributed by atoms with E-state index in [1.165, 1.54) is 7.11 Å². The summed E-state index contributed by atoms with van der Waals surface area (Å²) in [5.74, 6) is 5.27. The Kier molecular flexibility index (Phi) is 11.9. The summed E-state index contributed by atoms with van der Waals surface area (Å²) in [6, 6.07) is 25.0. The first-order valence-electron chi connectivity index (χ1n) is 19.5. The molecule has 0 aromatic heterocycles. The van der Waals surface area contributed by atoms with Crippen molar-refractivity contribution in [3.05, 3.63) is 124 Å². The number of carbonyl (C=O) groups excluding carboxylic acids is 5. The average molecular weight is 783 g/mol. The van der Waals surface area contributed by atoms with Crippen molar-refractivity contribution in [2.45, 2.75) is 38.6 Å². The first-order chi connectivity index (χ1) is 28.1. The number of likely N-dealkylation sites (tertiary alicyclic amines) is 2. The lowest BCUT2D eigenvalue weighted by Crippen LogP contribution is -2.62. The highest BCUT2D eigenvalue weighted by Gasteiger charge is 2.48. The second kappa shape index (κ2) is 17.4. The molecular weight excluding hydrogens is 737 g/mol. The number of ether oxygens (including phenoxy) is 3. The Morgan fingerprint density at radius 1 is 0.810 bits per heavy atom. The number of methoxy groups -OCH3 is 1. The molecule has 1 aliphatic carbocycles. The van der Waals surface area contributed by atoms with Crippen molar-refractivity contribution in [1.82, 2.24) is 15.1 Å². The predicted octanol–water partition coefficient (Wildman–Crippen LogP) is 5.64. The molecule has 3 amide bonds. The number of carbonyl (C=O) groups is 5.